The second-order valence-corrected chi connectivity index (χ2v) is 22.7. The SMILES string of the molecule is Cn1cnnc1[C@@](F)(c1cc(C2CC2)n[c]([Sn]([CH3])([CH3])[CH3])c1)C1CC1. The molecule has 0 saturated heterocycles. The average molecular weight is 435 g/mol. The maximum atomic E-state index is 16.4. The number of halogens is 1. The van der Waals surface area contributed by atoms with E-state index in [4.69, 9.17) is 4.98 Å². The van der Waals surface area contributed by atoms with E-state index in [1.165, 1.54) is 16.6 Å². The van der Waals surface area contributed by atoms with E-state index in [-0.39, 0.29) is 5.92 Å². The molecule has 4 rings (SSSR count). The third-order valence-electron chi connectivity index (χ3n) is 5.21. The molecule has 24 heavy (non-hydrogen) atoms. The van der Waals surface area contributed by atoms with Crippen molar-refractivity contribution in [1.29, 1.82) is 0 Å². The van der Waals surface area contributed by atoms with Gasteiger partial charge in [-0.1, -0.05) is 0 Å². The van der Waals surface area contributed by atoms with Gasteiger partial charge >= 0.3 is 147 Å². The average Bonchev–Trinajstić information content (AvgIpc) is 3.43. The Morgan fingerprint density at radius 1 is 1.17 bits per heavy atom. The summed E-state index contributed by atoms with van der Waals surface area (Å²) in [5, 5.41) is 8.08. The Kier molecular flexibility index (Phi) is 3.78. The molecule has 0 aromatic carbocycles. The Balaban J connectivity index is 1.89. The Morgan fingerprint density at radius 3 is 2.38 bits per heavy atom. The van der Waals surface area contributed by atoms with Gasteiger partial charge in [0.05, 0.1) is 0 Å². The molecule has 2 fully saturated rings. The first-order valence-corrected chi connectivity index (χ1v) is 18.9. The van der Waals surface area contributed by atoms with Crippen LogP contribution < -0.4 is 3.71 Å². The van der Waals surface area contributed by atoms with E-state index in [0.29, 0.717) is 11.7 Å². The fraction of sp³-hybridized carbons (Fsp3) is 0.611. The Hall–Kier alpha value is -0.981. The molecule has 2 saturated carbocycles. The number of aromatic nitrogens is 4. The first-order chi connectivity index (χ1) is 11.3. The maximum absolute atomic E-state index is 16.4. The third kappa shape index (κ3) is 2.78. The minimum atomic E-state index is -2.40. The van der Waals surface area contributed by atoms with Crippen molar-refractivity contribution in [3.8, 4) is 0 Å². The van der Waals surface area contributed by atoms with Gasteiger partial charge in [0.2, 0.25) is 0 Å². The van der Waals surface area contributed by atoms with Gasteiger partial charge in [-0.3, -0.25) is 0 Å². The molecule has 0 bridgehead atoms. The predicted octanol–water partition coefficient (Wildman–Crippen LogP) is 3.26. The van der Waals surface area contributed by atoms with Gasteiger partial charge in [-0.15, -0.1) is 0 Å². The van der Waals surface area contributed by atoms with Gasteiger partial charge in [-0.25, -0.2) is 0 Å². The molecule has 128 valence electrons. The van der Waals surface area contributed by atoms with E-state index in [1.807, 2.05) is 13.1 Å². The van der Waals surface area contributed by atoms with Gasteiger partial charge < -0.3 is 0 Å². The topological polar surface area (TPSA) is 43.6 Å². The summed E-state index contributed by atoms with van der Waals surface area (Å²) >= 11 is -2.40. The van der Waals surface area contributed by atoms with Crippen molar-refractivity contribution in [3.05, 3.63) is 35.5 Å². The zero-order valence-corrected chi connectivity index (χ0v) is 17.7. The van der Waals surface area contributed by atoms with Crippen LogP contribution in [0.4, 0.5) is 4.39 Å². The van der Waals surface area contributed by atoms with Gasteiger partial charge in [0, 0.05) is 0 Å². The van der Waals surface area contributed by atoms with Crippen LogP contribution in [0.3, 0.4) is 0 Å². The molecule has 0 unspecified atom stereocenters. The van der Waals surface area contributed by atoms with Crippen LogP contribution in [0, 0.1) is 5.92 Å². The number of hydrogen-bond acceptors (Lipinski definition) is 3. The van der Waals surface area contributed by atoms with Crippen molar-refractivity contribution in [2.75, 3.05) is 0 Å². The van der Waals surface area contributed by atoms with Crippen molar-refractivity contribution in [2.45, 2.75) is 52.1 Å². The first kappa shape index (κ1) is 16.5. The van der Waals surface area contributed by atoms with E-state index in [2.05, 4.69) is 31.1 Å². The summed E-state index contributed by atoms with van der Waals surface area (Å²) in [4.78, 5) is 12.0. The summed E-state index contributed by atoms with van der Waals surface area (Å²) in [7, 11) is 1.83. The van der Waals surface area contributed by atoms with E-state index in [1.54, 1.807) is 10.9 Å². The van der Waals surface area contributed by atoms with Crippen LogP contribution in [0.1, 0.15) is 48.7 Å². The standard InChI is InChI=1S/C15H16FN4.3CH3.Sn/c1-20-9-18-19-14(20)15(16,11-4-5-11)12-6-7-17-13(8-12)10-2-3-10;;;;/h6,8-11H,2-5H2,1H3;3*1H3;/t15-;;;;/m0..../s1. The van der Waals surface area contributed by atoms with Crippen molar-refractivity contribution in [3.63, 3.8) is 0 Å². The van der Waals surface area contributed by atoms with Gasteiger partial charge in [-0.2, -0.15) is 0 Å². The van der Waals surface area contributed by atoms with Crippen LogP contribution in [-0.2, 0) is 12.7 Å². The van der Waals surface area contributed by atoms with Crippen LogP contribution in [-0.4, -0.2) is 38.1 Å². The van der Waals surface area contributed by atoms with Gasteiger partial charge in [0.25, 0.3) is 0 Å². The third-order valence-corrected chi connectivity index (χ3v) is 10.3. The van der Waals surface area contributed by atoms with Crippen LogP contribution in [0.25, 0.3) is 0 Å². The Morgan fingerprint density at radius 2 is 1.88 bits per heavy atom. The minimum absolute atomic E-state index is 0.0119. The summed E-state index contributed by atoms with van der Waals surface area (Å²) in [6.07, 6.45) is 5.79. The number of hydrogen-bond donors (Lipinski definition) is 0. The molecular weight excluding hydrogens is 410 g/mol. The molecule has 1 atom stereocenters. The van der Waals surface area contributed by atoms with Gasteiger partial charge in [-0.05, 0) is 0 Å². The summed E-state index contributed by atoms with van der Waals surface area (Å²) in [5.74, 6) is 0.978. The Bertz CT molecular complexity index is 774. The number of alkyl halides is 1. The molecule has 6 heteroatoms. The van der Waals surface area contributed by atoms with Crippen molar-refractivity contribution < 1.29 is 4.39 Å². The molecule has 0 aliphatic heterocycles. The first-order valence-electron chi connectivity index (χ1n) is 8.86. The molecule has 0 amide bonds. The fourth-order valence-electron chi connectivity index (χ4n) is 3.38. The summed E-state index contributed by atoms with van der Waals surface area (Å²) in [6.45, 7) is 0. The monoisotopic (exact) mass is 436 g/mol. The molecule has 0 radical (unpaired) electrons. The zero-order chi connectivity index (χ0) is 17.1. The van der Waals surface area contributed by atoms with Crippen LogP contribution >= 0.6 is 0 Å². The number of nitrogens with zero attached hydrogens (tertiary/aromatic N) is 4. The van der Waals surface area contributed by atoms with Gasteiger partial charge in [0.1, 0.15) is 0 Å². The number of pyridine rings is 1. The molecule has 2 aliphatic rings. The van der Waals surface area contributed by atoms with Crippen LogP contribution in [0.5, 0.6) is 0 Å². The molecule has 0 spiro atoms. The molecule has 0 N–H and O–H groups in total. The second-order valence-electron chi connectivity index (χ2n) is 8.44. The zero-order valence-electron chi connectivity index (χ0n) is 14.9. The van der Waals surface area contributed by atoms with Crippen LogP contribution in [0.2, 0.25) is 14.8 Å². The normalized spacial score (nSPS) is 20.9. The summed E-state index contributed by atoms with van der Waals surface area (Å²) < 4.78 is 19.3. The number of rotatable bonds is 5. The fourth-order valence-corrected chi connectivity index (χ4v) is 6.38. The summed E-state index contributed by atoms with van der Waals surface area (Å²) in [6, 6.07) is 4.07. The van der Waals surface area contributed by atoms with E-state index < -0.39 is 24.0 Å². The molecular formula is C18H25FN4Sn. The second kappa shape index (κ2) is 5.51. The van der Waals surface area contributed by atoms with Crippen molar-refractivity contribution in [2.24, 2.45) is 13.0 Å². The molecule has 2 aromatic heterocycles. The summed E-state index contributed by atoms with van der Waals surface area (Å²) in [5.41, 5.74) is 0.322. The van der Waals surface area contributed by atoms with E-state index >= 15 is 4.39 Å². The van der Waals surface area contributed by atoms with Crippen molar-refractivity contribution >= 4 is 22.1 Å². The van der Waals surface area contributed by atoms with E-state index in [9.17, 15) is 0 Å². The molecule has 2 aromatic rings. The quantitative estimate of drug-likeness (QED) is 0.678. The van der Waals surface area contributed by atoms with Crippen LogP contribution in [0.15, 0.2) is 18.5 Å². The molecule has 2 aliphatic carbocycles. The molecule has 4 nitrogen and oxygen atoms in total. The predicted molar refractivity (Wildman–Crippen MR) is 94.8 cm³/mol. The molecule has 2 heterocycles. The number of aryl methyl sites for hydroxylation is 1. The van der Waals surface area contributed by atoms with E-state index in [0.717, 1.165) is 24.1 Å². The van der Waals surface area contributed by atoms with Gasteiger partial charge in [0.15, 0.2) is 0 Å². The Labute approximate surface area is 146 Å². The van der Waals surface area contributed by atoms with Crippen molar-refractivity contribution in [1.82, 2.24) is 19.7 Å².